The summed E-state index contributed by atoms with van der Waals surface area (Å²) in [6.07, 6.45) is 6.15. The second-order valence-corrected chi connectivity index (χ2v) is 18.4. The number of hydrogen-bond acceptors (Lipinski definition) is 8. The lowest BCUT2D eigenvalue weighted by atomic mass is 9.54. The van der Waals surface area contributed by atoms with Crippen molar-refractivity contribution >= 4 is 33.2 Å². The molecule has 9 nitrogen and oxygen atoms in total. The minimum atomic E-state index is -4.03. The monoisotopic (exact) mass is 710 g/mol. The number of halogens is 1. The summed E-state index contributed by atoms with van der Waals surface area (Å²) in [7, 11) is -4.03. The molecule has 0 radical (unpaired) electrons. The fourth-order valence-corrected chi connectivity index (χ4v) is 11.3. The molecular weight excluding hydrogens is 664 g/mol. The number of aryl methyl sites for hydroxylation is 1. The lowest BCUT2D eigenvalue weighted by Gasteiger charge is -2.56. The number of anilines is 1. The van der Waals surface area contributed by atoms with Gasteiger partial charge in [-0.25, -0.2) is 13.1 Å². The summed E-state index contributed by atoms with van der Waals surface area (Å²) in [5.74, 6) is 0.583. The highest BCUT2D eigenvalue weighted by Gasteiger charge is 2.70. The van der Waals surface area contributed by atoms with Gasteiger partial charge in [-0.05, 0) is 117 Å². The van der Waals surface area contributed by atoms with Crippen molar-refractivity contribution in [3.05, 3.63) is 70.3 Å². The number of nitrogens with zero attached hydrogens (tertiary/aromatic N) is 1. The maximum Gasteiger partial charge on any atom is 0.264 e. The zero-order valence-electron chi connectivity index (χ0n) is 28.4. The fraction of sp³-hybridized carbons (Fsp3) is 0.605. The van der Waals surface area contributed by atoms with Crippen molar-refractivity contribution in [2.75, 3.05) is 37.8 Å². The predicted octanol–water partition coefficient (Wildman–Crippen LogP) is 5.77. The highest BCUT2D eigenvalue weighted by atomic mass is 35.5. The topological polar surface area (TPSA) is 114 Å². The average Bonchev–Trinajstić information content (AvgIpc) is 3.80. The first-order valence-corrected chi connectivity index (χ1v) is 19.7. The number of nitrogens with one attached hydrogen (secondary N) is 1. The number of carbonyl (C=O) groups is 1. The van der Waals surface area contributed by atoms with Gasteiger partial charge in [0.2, 0.25) is 10.0 Å². The molecule has 2 saturated carbocycles. The van der Waals surface area contributed by atoms with E-state index in [4.69, 9.17) is 25.8 Å². The SMILES string of the molecule is C=C1CC[C@H]2CC2(C2OCC(O)CO2)[C@@H]2CCC2(C)CN2C[C@@]3(CCCc4cc(Cl)ccc43)COc3ccc(cc32)C(=O)NS(=O)(=O)[C@@H]1C. The molecule has 2 aromatic rings. The van der Waals surface area contributed by atoms with Crippen LogP contribution in [-0.2, 0) is 31.3 Å². The van der Waals surface area contributed by atoms with Crippen molar-refractivity contribution < 1.29 is 32.5 Å². The molecule has 3 fully saturated rings. The molecule has 3 aliphatic heterocycles. The van der Waals surface area contributed by atoms with E-state index in [1.165, 1.54) is 11.1 Å². The summed E-state index contributed by atoms with van der Waals surface area (Å²) in [5.41, 5.74) is 3.54. The molecule has 0 aromatic heterocycles. The van der Waals surface area contributed by atoms with E-state index in [0.29, 0.717) is 36.8 Å². The normalized spacial score (nSPS) is 38.5. The molecule has 11 heteroatoms. The van der Waals surface area contributed by atoms with E-state index in [0.717, 1.165) is 62.2 Å². The van der Waals surface area contributed by atoms with Crippen LogP contribution in [0.2, 0.25) is 5.02 Å². The number of amides is 1. The molecule has 2 unspecified atom stereocenters. The summed E-state index contributed by atoms with van der Waals surface area (Å²) in [6, 6.07) is 11.5. The zero-order chi connectivity index (χ0) is 34.3. The maximum atomic E-state index is 13.6. The van der Waals surface area contributed by atoms with Gasteiger partial charge in [-0.2, -0.15) is 0 Å². The van der Waals surface area contributed by atoms with E-state index in [-0.39, 0.29) is 40.9 Å². The molecule has 2 aromatic carbocycles. The Hall–Kier alpha value is -2.63. The van der Waals surface area contributed by atoms with Gasteiger partial charge in [0.25, 0.3) is 5.91 Å². The Morgan fingerprint density at radius 3 is 2.61 bits per heavy atom. The van der Waals surface area contributed by atoms with Crippen LogP contribution in [0.4, 0.5) is 5.69 Å². The van der Waals surface area contributed by atoms with Gasteiger partial charge in [0, 0.05) is 34.5 Å². The van der Waals surface area contributed by atoms with Crippen molar-refractivity contribution in [3.8, 4) is 5.75 Å². The Labute approximate surface area is 294 Å². The van der Waals surface area contributed by atoms with Crippen LogP contribution in [-0.4, -0.2) is 70.0 Å². The van der Waals surface area contributed by atoms with Crippen LogP contribution in [0.3, 0.4) is 0 Å². The smallest absolute Gasteiger partial charge is 0.264 e. The van der Waals surface area contributed by atoms with Crippen LogP contribution in [0, 0.1) is 22.7 Å². The third-order valence-electron chi connectivity index (χ3n) is 13.0. The second kappa shape index (κ2) is 12.0. The highest BCUT2D eigenvalue weighted by molar-refractivity contribution is 7.90. The largest absolute Gasteiger partial charge is 0.490 e. The van der Waals surface area contributed by atoms with Crippen LogP contribution < -0.4 is 14.4 Å². The summed E-state index contributed by atoms with van der Waals surface area (Å²) in [5, 5.41) is 10.0. The molecule has 3 aliphatic carbocycles. The van der Waals surface area contributed by atoms with Gasteiger partial charge >= 0.3 is 0 Å². The summed E-state index contributed by atoms with van der Waals surface area (Å²) >= 11 is 6.47. The Morgan fingerprint density at radius 2 is 1.86 bits per heavy atom. The Balaban J connectivity index is 1.23. The number of aliphatic hydroxyl groups is 1. The molecule has 49 heavy (non-hydrogen) atoms. The number of fused-ring (bicyclic) bond motifs is 6. The number of ether oxygens (including phenoxy) is 3. The van der Waals surface area contributed by atoms with Gasteiger partial charge in [-0.15, -0.1) is 0 Å². The Kier molecular flexibility index (Phi) is 8.19. The third-order valence-corrected chi connectivity index (χ3v) is 14.9. The van der Waals surface area contributed by atoms with Crippen molar-refractivity contribution in [3.63, 3.8) is 0 Å². The Bertz CT molecular complexity index is 1790. The first kappa shape index (κ1) is 33.5. The van der Waals surface area contributed by atoms with Crippen molar-refractivity contribution in [1.82, 2.24) is 4.72 Å². The standard InChI is InChI=1S/C38H47ClN2O7S/c1-23-6-8-27-17-38(27,35-46-18-29(42)19-47-35)33-12-14-36(33,3)20-41-21-37(13-4-5-25-15-28(39)9-10-30(25)37)22-48-32-11-7-26(16-31(32)41)34(43)40-49(44,45)24(23)2/h7,9-11,15-16,24,27,29,33,35,42H,1,4-6,8,12-14,17-22H2,2-3H3,(H,40,43)/t24-,27+,29?,33-,35?,36?,37+,38?/m1/s1. The molecule has 264 valence electrons. The maximum absolute atomic E-state index is 13.6. The molecule has 3 heterocycles. The van der Waals surface area contributed by atoms with Crippen LogP contribution in [0.1, 0.15) is 80.3 Å². The summed E-state index contributed by atoms with van der Waals surface area (Å²) < 4.78 is 48.5. The number of rotatable bonds is 1. The number of hydrogen-bond donors (Lipinski definition) is 2. The zero-order valence-corrected chi connectivity index (χ0v) is 30.0. The van der Waals surface area contributed by atoms with Crippen LogP contribution in [0.15, 0.2) is 48.6 Å². The predicted molar refractivity (Wildman–Crippen MR) is 188 cm³/mol. The van der Waals surface area contributed by atoms with Gasteiger partial charge in [0.05, 0.1) is 30.8 Å². The van der Waals surface area contributed by atoms with E-state index in [1.54, 1.807) is 19.1 Å². The number of benzene rings is 2. The van der Waals surface area contributed by atoms with Crippen LogP contribution in [0.25, 0.3) is 0 Å². The molecule has 2 bridgehead atoms. The minimum absolute atomic E-state index is 0.0964. The fourth-order valence-electron chi connectivity index (χ4n) is 10.0. The van der Waals surface area contributed by atoms with Gasteiger partial charge < -0.3 is 24.2 Å². The summed E-state index contributed by atoms with van der Waals surface area (Å²) in [4.78, 5) is 16.0. The van der Waals surface area contributed by atoms with Crippen LogP contribution in [0.5, 0.6) is 5.75 Å². The number of sulfonamides is 1. The molecule has 1 saturated heterocycles. The lowest BCUT2D eigenvalue weighted by Crippen LogP contribution is -2.57. The second-order valence-electron chi connectivity index (χ2n) is 16.0. The molecule has 6 aliphatic rings. The van der Waals surface area contributed by atoms with Gasteiger partial charge in [-0.3, -0.25) is 4.79 Å². The number of aliphatic hydroxyl groups excluding tert-OH is 1. The molecule has 8 rings (SSSR count). The van der Waals surface area contributed by atoms with Crippen molar-refractivity contribution in [1.29, 1.82) is 0 Å². The van der Waals surface area contributed by atoms with E-state index >= 15 is 0 Å². The van der Waals surface area contributed by atoms with E-state index < -0.39 is 33.6 Å². The van der Waals surface area contributed by atoms with Gasteiger partial charge in [0.15, 0.2) is 6.29 Å². The van der Waals surface area contributed by atoms with Gasteiger partial charge in [-0.1, -0.05) is 36.7 Å². The molecule has 2 N–H and O–H groups in total. The van der Waals surface area contributed by atoms with Gasteiger partial charge in [0.1, 0.15) is 11.9 Å². The Morgan fingerprint density at radius 1 is 1.06 bits per heavy atom. The summed E-state index contributed by atoms with van der Waals surface area (Å²) in [6.45, 7) is 10.5. The molecule has 6 atom stereocenters. The highest BCUT2D eigenvalue weighted by Crippen LogP contribution is 2.72. The quantitative estimate of drug-likeness (QED) is 0.359. The third kappa shape index (κ3) is 5.61. The van der Waals surface area contributed by atoms with E-state index in [1.807, 2.05) is 12.1 Å². The lowest BCUT2D eigenvalue weighted by molar-refractivity contribution is -0.268. The molecule has 1 amide bonds. The van der Waals surface area contributed by atoms with E-state index in [2.05, 4.69) is 35.3 Å². The van der Waals surface area contributed by atoms with Crippen LogP contribution >= 0.6 is 11.6 Å². The number of carbonyl (C=O) groups excluding carboxylic acids is 1. The average molecular weight is 711 g/mol. The van der Waals surface area contributed by atoms with Crippen molar-refractivity contribution in [2.45, 2.75) is 88.3 Å². The first-order valence-electron chi connectivity index (χ1n) is 17.8. The molecular formula is C38H47ClN2O7S. The minimum Gasteiger partial charge on any atom is -0.490 e. The van der Waals surface area contributed by atoms with E-state index in [9.17, 15) is 18.3 Å². The molecule has 1 spiro atoms. The first-order chi connectivity index (χ1) is 23.3. The van der Waals surface area contributed by atoms with Crippen molar-refractivity contribution in [2.24, 2.45) is 22.7 Å².